The van der Waals surface area contributed by atoms with Gasteiger partial charge in [0.1, 0.15) is 0 Å². The topological polar surface area (TPSA) is 92.5 Å². The maximum atomic E-state index is 13.1. The highest BCUT2D eigenvalue weighted by molar-refractivity contribution is 5.91. The van der Waals surface area contributed by atoms with Crippen molar-refractivity contribution in [2.75, 3.05) is 13.1 Å². The van der Waals surface area contributed by atoms with Crippen LogP contribution in [0.15, 0.2) is 12.4 Å². The molecule has 3 atom stereocenters. The van der Waals surface area contributed by atoms with Gasteiger partial charge in [0, 0.05) is 38.4 Å². The summed E-state index contributed by atoms with van der Waals surface area (Å²) < 4.78 is 1.56. The summed E-state index contributed by atoms with van der Waals surface area (Å²) in [5.74, 6) is 1.23. The third-order valence-corrected chi connectivity index (χ3v) is 5.61. The Balaban J connectivity index is 1.58. The number of nitrogens with one attached hydrogen (secondary N) is 1. The molecule has 2 aromatic rings. The second-order valence-corrected chi connectivity index (χ2v) is 7.48. The Morgan fingerprint density at radius 3 is 2.92 bits per heavy atom. The van der Waals surface area contributed by atoms with Gasteiger partial charge in [0.05, 0.1) is 0 Å². The summed E-state index contributed by atoms with van der Waals surface area (Å²) in [5.41, 5.74) is 0.963. The first-order valence-electron chi connectivity index (χ1n) is 9.27. The third-order valence-electron chi connectivity index (χ3n) is 5.61. The number of hydrogen-bond acceptors (Lipinski definition) is 5. The fourth-order valence-electron chi connectivity index (χ4n) is 4.42. The van der Waals surface area contributed by atoms with E-state index < -0.39 is 0 Å². The van der Waals surface area contributed by atoms with Crippen molar-refractivity contribution in [3.8, 4) is 0 Å². The zero-order chi connectivity index (χ0) is 18.3. The highest BCUT2D eigenvalue weighted by Crippen LogP contribution is 2.40. The van der Waals surface area contributed by atoms with Crippen molar-refractivity contribution in [3.63, 3.8) is 0 Å². The van der Waals surface area contributed by atoms with Gasteiger partial charge in [-0.2, -0.15) is 4.98 Å². The molecule has 1 aliphatic heterocycles. The van der Waals surface area contributed by atoms with Gasteiger partial charge in [0.2, 0.25) is 11.7 Å². The Hall–Kier alpha value is -2.51. The van der Waals surface area contributed by atoms with E-state index in [9.17, 15) is 9.59 Å². The summed E-state index contributed by atoms with van der Waals surface area (Å²) >= 11 is 0. The molecule has 2 aromatic heterocycles. The monoisotopic (exact) mass is 356 g/mol. The number of hydrogen-bond donors (Lipinski definition) is 1. The van der Waals surface area contributed by atoms with E-state index in [-0.39, 0.29) is 23.7 Å². The number of likely N-dealkylation sites (tertiary alicyclic amines) is 1. The third kappa shape index (κ3) is 3.04. The SMILES string of the molecule is CC(=O)NC[C@@H]1CN(C(=O)c2nc3ncc(C)cn3n2)[C@@H]2CCCC[C@H]12. The number of nitrogens with zero attached hydrogens (tertiary/aromatic N) is 5. The van der Waals surface area contributed by atoms with Crippen LogP contribution in [0.1, 0.15) is 48.8 Å². The predicted octanol–water partition coefficient (Wildman–Crippen LogP) is 1.20. The van der Waals surface area contributed by atoms with E-state index in [2.05, 4.69) is 20.4 Å². The summed E-state index contributed by atoms with van der Waals surface area (Å²) in [5, 5.41) is 7.26. The molecule has 26 heavy (non-hydrogen) atoms. The van der Waals surface area contributed by atoms with Gasteiger partial charge in [-0.1, -0.05) is 12.8 Å². The lowest BCUT2D eigenvalue weighted by Crippen LogP contribution is -2.39. The maximum Gasteiger partial charge on any atom is 0.293 e. The van der Waals surface area contributed by atoms with E-state index in [1.54, 1.807) is 10.7 Å². The minimum atomic E-state index is -0.129. The molecule has 2 amide bonds. The molecule has 2 fully saturated rings. The molecule has 2 aliphatic rings. The molecule has 1 N–H and O–H groups in total. The van der Waals surface area contributed by atoms with Gasteiger partial charge in [-0.15, -0.1) is 5.10 Å². The Bertz CT molecular complexity index is 847. The van der Waals surface area contributed by atoms with Crippen LogP contribution in [-0.2, 0) is 4.79 Å². The van der Waals surface area contributed by atoms with Crippen molar-refractivity contribution >= 4 is 17.6 Å². The molecule has 4 rings (SSSR count). The van der Waals surface area contributed by atoms with Gasteiger partial charge < -0.3 is 10.2 Å². The van der Waals surface area contributed by atoms with Crippen molar-refractivity contribution in [2.45, 2.75) is 45.6 Å². The minimum absolute atomic E-state index is 0.0226. The van der Waals surface area contributed by atoms with Crippen molar-refractivity contribution < 1.29 is 9.59 Å². The average molecular weight is 356 g/mol. The largest absolute Gasteiger partial charge is 0.356 e. The minimum Gasteiger partial charge on any atom is -0.356 e. The van der Waals surface area contributed by atoms with Gasteiger partial charge >= 0.3 is 0 Å². The normalized spacial score (nSPS) is 25.3. The molecule has 138 valence electrons. The smallest absolute Gasteiger partial charge is 0.293 e. The first kappa shape index (κ1) is 16.9. The van der Waals surface area contributed by atoms with Crippen LogP contribution in [-0.4, -0.2) is 55.4 Å². The van der Waals surface area contributed by atoms with E-state index in [0.29, 0.717) is 30.7 Å². The van der Waals surface area contributed by atoms with E-state index in [1.807, 2.05) is 18.0 Å². The summed E-state index contributed by atoms with van der Waals surface area (Å²) in [6, 6.07) is 0.219. The highest BCUT2D eigenvalue weighted by atomic mass is 16.2. The lowest BCUT2D eigenvalue weighted by atomic mass is 9.79. The lowest BCUT2D eigenvalue weighted by molar-refractivity contribution is -0.119. The fraction of sp³-hybridized carbons (Fsp3) is 0.611. The quantitative estimate of drug-likeness (QED) is 0.892. The molecule has 3 heterocycles. The van der Waals surface area contributed by atoms with Crippen LogP contribution in [0.4, 0.5) is 0 Å². The van der Waals surface area contributed by atoms with Crippen molar-refractivity contribution in [2.24, 2.45) is 11.8 Å². The van der Waals surface area contributed by atoms with Gasteiger partial charge in [-0.25, -0.2) is 9.50 Å². The maximum absolute atomic E-state index is 13.1. The molecule has 1 aliphatic carbocycles. The molecule has 0 unspecified atom stereocenters. The first-order chi connectivity index (χ1) is 12.5. The first-order valence-corrected chi connectivity index (χ1v) is 9.27. The van der Waals surface area contributed by atoms with Gasteiger partial charge in [-0.05, 0) is 37.2 Å². The second kappa shape index (κ2) is 6.66. The number of aromatic nitrogens is 4. The summed E-state index contributed by atoms with van der Waals surface area (Å²) in [7, 11) is 0. The molecule has 0 radical (unpaired) electrons. The van der Waals surface area contributed by atoms with Gasteiger partial charge in [-0.3, -0.25) is 9.59 Å². The number of amides is 2. The van der Waals surface area contributed by atoms with Gasteiger partial charge in [0.25, 0.3) is 11.7 Å². The number of carbonyl (C=O) groups is 2. The van der Waals surface area contributed by atoms with Crippen LogP contribution < -0.4 is 5.32 Å². The van der Waals surface area contributed by atoms with Crippen LogP contribution in [0.2, 0.25) is 0 Å². The van der Waals surface area contributed by atoms with Crippen LogP contribution in [0.3, 0.4) is 0 Å². The van der Waals surface area contributed by atoms with Crippen molar-refractivity contribution in [1.29, 1.82) is 0 Å². The summed E-state index contributed by atoms with van der Waals surface area (Å²) in [6.07, 6.45) is 7.98. The average Bonchev–Trinajstić information content (AvgIpc) is 3.20. The zero-order valence-corrected chi connectivity index (χ0v) is 15.2. The Morgan fingerprint density at radius 1 is 1.31 bits per heavy atom. The number of rotatable bonds is 3. The predicted molar refractivity (Wildman–Crippen MR) is 94.5 cm³/mol. The lowest BCUT2D eigenvalue weighted by Gasteiger charge is -2.31. The Kier molecular flexibility index (Phi) is 4.34. The number of fused-ring (bicyclic) bond motifs is 2. The molecule has 0 bridgehead atoms. The second-order valence-electron chi connectivity index (χ2n) is 7.48. The van der Waals surface area contributed by atoms with E-state index >= 15 is 0 Å². The molecule has 0 spiro atoms. The van der Waals surface area contributed by atoms with Crippen LogP contribution >= 0.6 is 0 Å². The van der Waals surface area contributed by atoms with E-state index in [4.69, 9.17) is 0 Å². The number of aryl methyl sites for hydroxylation is 1. The summed E-state index contributed by atoms with van der Waals surface area (Å²) in [4.78, 5) is 34.9. The van der Waals surface area contributed by atoms with E-state index in [1.165, 1.54) is 13.3 Å². The van der Waals surface area contributed by atoms with Crippen molar-refractivity contribution in [1.82, 2.24) is 29.8 Å². The van der Waals surface area contributed by atoms with Crippen LogP contribution in [0.5, 0.6) is 0 Å². The summed E-state index contributed by atoms with van der Waals surface area (Å²) in [6.45, 7) is 4.73. The molecular weight excluding hydrogens is 332 g/mol. The van der Waals surface area contributed by atoms with Crippen molar-refractivity contribution in [3.05, 3.63) is 23.8 Å². The molecule has 8 nitrogen and oxygen atoms in total. The Morgan fingerprint density at radius 2 is 2.12 bits per heavy atom. The fourth-order valence-corrected chi connectivity index (χ4v) is 4.42. The van der Waals surface area contributed by atoms with Crippen LogP contribution in [0.25, 0.3) is 5.78 Å². The molecule has 0 aromatic carbocycles. The van der Waals surface area contributed by atoms with Crippen LogP contribution in [0, 0.1) is 18.8 Å². The molecule has 1 saturated heterocycles. The molecule has 8 heteroatoms. The van der Waals surface area contributed by atoms with E-state index in [0.717, 1.165) is 24.8 Å². The molecule has 1 saturated carbocycles. The Labute approximate surface area is 152 Å². The van der Waals surface area contributed by atoms with Gasteiger partial charge in [0.15, 0.2) is 0 Å². The highest BCUT2D eigenvalue weighted by Gasteiger charge is 2.45. The standard InChI is InChI=1S/C18H24N6O2/c1-11-7-20-18-21-16(22-24(18)9-11)17(26)23-10-13(8-19-12(2)25)14-5-3-4-6-15(14)23/h7,9,13-15H,3-6,8,10H2,1-2H3,(H,19,25)/t13-,14-,15-/m1/s1. The zero-order valence-electron chi connectivity index (χ0n) is 15.2. The molecular formula is C18H24N6O2. The number of carbonyl (C=O) groups excluding carboxylic acids is 2.